The van der Waals surface area contributed by atoms with Gasteiger partial charge in [0.05, 0.1) is 0 Å². The van der Waals surface area contributed by atoms with Gasteiger partial charge in [0.25, 0.3) is 0 Å². The molecule has 0 fully saturated rings. The lowest BCUT2D eigenvalue weighted by Crippen LogP contribution is -2.04. The van der Waals surface area contributed by atoms with E-state index in [1.54, 1.807) is 7.05 Å². The van der Waals surface area contributed by atoms with Crippen LogP contribution in [0.1, 0.15) is 28.9 Å². The summed E-state index contributed by atoms with van der Waals surface area (Å²) in [5, 5.41) is 1.12. The van der Waals surface area contributed by atoms with Gasteiger partial charge in [-0.3, -0.25) is 4.99 Å². The van der Waals surface area contributed by atoms with Gasteiger partial charge < -0.3 is 4.42 Å². The molecule has 0 radical (unpaired) electrons. The Bertz CT molecular complexity index is 1060. The highest BCUT2D eigenvalue weighted by molar-refractivity contribution is 6.13. The number of aryl methyl sites for hydroxylation is 1. The second-order valence-corrected chi connectivity index (χ2v) is 6.10. The third-order valence-corrected chi connectivity index (χ3v) is 4.49. The lowest BCUT2D eigenvalue weighted by Gasteiger charge is -2.04. The van der Waals surface area contributed by atoms with Crippen molar-refractivity contribution in [3.8, 4) is 0 Å². The predicted molar refractivity (Wildman–Crippen MR) is 109 cm³/mol. The number of benzene rings is 2. The van der Waals surface area contributed by atoms with Gasteiger partial charge in [-0.15, -0.1) is 0 Å². The number of fused-ring (bicyclic) bond motifs is 3. The maximum Gasteiger partial charge on any atom is 0.161 e. The lowest BCUT2D eigenvalue weighted by atomic mass is 10.0. The molecule has 0 bridgehead atoms. The van der Waals surface area contributed by atoms with Gasteiger partial charge >= 0.3 is 0 Å². The molecule has 0 atom stereocenters. The van der Waals surface area contributed by atoms with E-state index in [9.17, 15) is 0 Å². The maximum absolute atomic E-state index is 6.04. The Kier molecular flexibility index (Phi) is 4.32. The lowest BCUT2D eigenvalue weighted by molar-refractivity contribution is 0.546. The second-order valence-electron chi connectivity index (χ2n) is 6.10. The summed E-state index contributed by atoms with van der Waals surface area (Å²) in [6, 6.07) is 15.9. The maximum atomic E-state index is 6.04. The van der Waals surface area contributed by atoms with Crippen molar-refractivity contribution >= 4 is 35.4 Å². The van der Waals surface area contributed by atoms with Crippen molar-refractivity contribution < 1.29 is 4.42 Å². The van der Waals surface area contributed by atoms with Crippen molar-refractivity contribution in [1.29, 1.82) is 0 Å². The molecule has 0 spiro atoms. The average molecular weight is 341 g/mol. The molecule has 128 valence electrons. The Morgan fingerprint density at radius 3 is 2.65 bits per heavy atom. The van der Waals surface area contributed by atoms with E-state index in [0.717, 1.165) is 40.7 Å². The number of hydrogen-bond acceptors (Lipinski definition) is 2. The van der Waals surface area contributed by atoms with Gasteiger partial charge in [-0.25, -0.2) is 9.98 Å². The minimum absolute atomic E-state index is 0.529. The van der Waals surface area contributed by atoms with Gasteiger partial charge in [0.1, 0.15) is 11.3 Å². The van der Waals surface area contributed by atoms with Crippen LogP contribution in [0.2, 0.25) is 0 Å². The summed E-state index contributed by atoms with van der Waals surface area (Å²) >= 11 is 0. The molecule has 0 unspecified atom stereocenters. The molecule has 0 N–H and O–H groups in total. The van der Waals surface area contributed by atoms with Crippen LogP contribution >= 0.6 is 0 Å². The Labute approximate surface area is 152 Å². The SMILES string of the molecule is C=N/C(=N\C(=N/C)c1ccccc1)c1ccc2c3c(oc2c1)CCC=C3. The topological polar surface area (TPSA) is 50.2 Å². The molecule has 4 rings (SSSR count). The van der Waals surface area contributed by atoms with E-state index in [0.29, 0.717) is 11.7 Å². The van der Waals surface area contributed by atoms with Crippen LogP contribution in [0.15, 0.2) is 74.0 Å². The van der Waals surface area contributed by atoms with E-state index in [1.165, 1.54) is 5.56 Å². The van der Waals surface area contributed by atoms with Crippen LogP contribution in [-0.2, 0) is 6.42 Å². The number of hydrogen-bond donors (Lipinski definition) is 0. The number of amidine groups is 2. The molecule has 4 nitrogen and oxygen atoms in total. The minimum Gasteiger partial charge on any atom is -0.460 e. The number of furan rings is 1. The Hall–Kier alpha value is -3.27. The summed E-state index contributed by atoms with van der Waals surface area (Å²) in [7, 11) is 1.72. The zero-order valence-corrected chi connectivity index (χ0v) is 14.6. The van der Waals surface area contributed by atoms with E-state index in [4.69, 9.17) is 4.42 Å². The molecule has 0 aliphatic heterocycles. The standard InChI is InChI=1S/C22H19N3O/c1-23-21(15-8-4-3-5-9-15)25-22(24-2)16-12-13-18-17-10-6-7-11-19(17)26-20(18)14-16/h3-6,8-10,12-14H,2,7,11H2,1H3/b23-21-,25-22-. The van der Waals surface area contributed by atoms with Crippen LogP contribution in [0.5, 0.6) is 0 Å². The fourth-order valence-electron chi connectivity index (χ4n) is 3.21. The zero-order chi connectivity index (χ0) is 17.9. The van der Waals surface area contributed by atoms with Gasteiger partial charge in [0.2, 0.25) is 0 Å². The first kappa shape index (κ1) is 16.2. The molecule has 1 heterocycles. The van der Waals surface area contributed by atoms with E-state index < -0.39 is 0 Å². The van der Waals surface area contributed by atoms with Crippen molar-refractivity contribution in [2.24, 2.45) is 15.0 Å². The summed E-state index contributed by atoms with van der Waals surface area (Å²) in [5.41, 5.74) is 3.84. The van der Waals surface area contributed by atoms with Crippen molar-refractivity contribution in [3.63, 3.8) is 0 Å². The van der Waals surface area contributed by atoms with Crippen LogP contribution in [0, 0.1) is 0 Å². The van der Waals surface area contributed by atoms with E-state index in [1.807, 2.05) is 42.5 Å². The first-order chi connectivity index (χ1) is 12.8. The van der Waals surface area contributed by atoms with Crippen molar-refractivity contribution in [3.05, 3.63) is 77.1 Å². The Morgan fingerprint density at radius 1 is 1.04 bits per heavy atom. The summed E-state index contributed by atoms with van der Waals surface area (Å²) < 4.78 is 6.04. The normalized spacial score (nSPS) is 14.5. The average Bonchev–Trinajstić information content (AvgIpc) is 3.07. The number of aliphatic imine (C=N–C) groups is 3. The molecular weight excluding hydrogens is 322 g/mol. The van der Waals surface area contributed by atoms with Crippen molar-refractivity contribution in [1.82, 2.24) is 0 Å². The van der Waals surface area contributed by atoms with E-state index in [-0.39, 0.29) is 0 Å². The van der Waals surface area contributed by atoms with Crippen LogP contribution < -0.4 is 0 Å². The largest absolute Gasteiger partial charge is 0.460 e. The zero-order valence-electron chi connectivity index (χ0n) is 14.6. The van der Waals surface area contributed by atoms with Crippen LogP contribution in [-0.4, -0.2) is 25.4 Å². The van der Waals surface area contributed by atoms with Gasteiger partial charge in [0, 0.05) is 35.5 Å². The van der Waals surface area contributed by atoms with Gasteiger partial charge in [-0.1, -0.05) is 48.6 Å². The summed E-state index contributed by atoms with van der Waals surface area (Å²) in [6.45, 7) is 3.69. The fourth-order valence-corrected chi connectivity index (χ4v) is 3.21. The molecule has 3 aromatic rings. The third-order valence-electron chi connectivity index (χ3n) is 4.49. The fraction of sp³-hybridized carbons (Fsp3) is 0.136. The minimum atomic E-state index is 0.529. The Morgan fingerprint density at radius 2 is 1.88 bits per heavy atom. The predicted octanol–water partition coefficient (Wildman–Crippen LogP) is 4.92. The highest BCUT2D eigenvalue weighted by Crippen LogP contribution is 2.31. The van der Waals surface area contributed by atoms with Gasteiger partial charge in [0.15, 0.2) is 11.7 Å². The molecule has 1 aromatic heterocycles. The molecule has 1 aliphatic rings. The molecule has 0 amide bonds. The molecule has 4 heteroatoms. The first-order valence-electron chi connectivity index (χ1n) is 8.60. The van der Waals surface area contributed by atoms with Gasteiger partial charge in [-0.05, 0) is 25.3 Å². The number of rotatable bonds is 2. The van der Waals surface area contributed by atoms with Gasteiger partial charge in [-0.2, -0.15) is 0 Å². The third kappa shape index (κ3) is 2.90. The van der Waals surface area contributed by atoms with Crippen LogP contribution in [0.4, 0.5) is 0 Å². The molecule has 26 heavy (non-hydrogen) atoms. The van der Waals surface area contributed by atoms with Crippen LogP contribution in [0.3, 0.4) is 0 Å². The summed E-state index contributed by atoms with van der Waals surface area (Å²) in [4.78, 5) is 13.0. The number of nitrogens with zero attached hydrogens (tertiary/aromatic N) is 3. The quantitative estimate of drug-likeness (QED) is 0.482. The van der Waals surface area contributed by atoms with E-state index in [2.05, 4.69) is 39.9 Å². The molecule has 0 saturated heterocycles. The van der Waals surface area contributed by atoms with E-state index >= 15 is 0 Å². The molecule has 2 aromatic carbocycles. The highest BCUT2D eigenvalue weighted by Gasteiger charge is 2.15. The molecular formula is C22H19N3O. The van der Waals surface area contributed by atoms with Crippen LogP contribution in [0.25, 0.3) is 17.0 Å². The summed E-state index contributed by atoms with van der Waals surface area (Å²) in [5.74, 6) is 2.20. The smallest absolute Gasteiger partial charge is 0.161 e. The monoisotopic (exact) mass is 341 g/mol. The van der Waals surface area contributed by atoms with Crippen molar-refractivity contribution in [2.75, 3.05) is 7.05 Å². The van der Waals surface area contributed by atoms with Crippen molar-refractivity contribution in [2.45, 2.75) is 12.8 Å². The number of allylic oxidation sites excluding steroid dienone is 1. The Balaban J connectivity index is 1.77. The molecule has 1 aliphatic carbocycles. The molecule has 0 saturated carbocycles. The first-order valence-corrected chi connectivity index (χ1v) is 8.60. The second kappa shape index (κ2) is 6.92. The summed E-state index contributed by atoms with van der Waals surface area (Å²) in [6.07, 6.45) is 6.29. The highest BCUT2D eigenvalue weighted by atomic mass is 16.3.